The van der Waals surface area contributed by atoms with E-state index in [-0.39, 0.29) is 11.5 Å². The number of methoxy groups -OCH3 is 1. The molecule has 1 aromatic heterocycles. The smallest absolute Gasteiger partial charge is 0.259 e. The van der Waals surface area contributed by atoms with Crippen LogP contribution in [0.15, 0.2) is 54.7 Å². The van der Waals surface area contributed by atoms with Crippen molar-refractivity contribution in [3.05, 3.63) is 76.4 Å². The Labute approximate surface area is 179 Å². The molecule has 1 heterocycles. The summed E-state index contributed by atoms with van der Waals surface area (Å²) in [6.45, 7) is 1.95. The molecular formula is C22H21ClN4O3. The minimum Gasteiger partial charge on any atom is -0.496 e. The molecule has 0 radical (unpaired) electrons. The first kappa shape index (κ1) is 21.1. The van der Waals surface area contributed by atoms with E-state index < -0.39 is 5.91 Å². The van der Waals surface area contributed by atoms with Gasteiger partial charge in [0.25, 0.3) is 11.8 Å². The minimum absolute atomic E-state index is 0.261. The molecule has 0 aliphatic heterocycles. The third-order valence-corrected chi connectivity index (χ3v) is 4.66. The second-order valence-corrected chi connectivity index (χ2v) is 6.87. The van der Waals surface area contributed by atoms with Crippen molar-refractivity contribution in [1.82, 2.24) is 10.3 Å². The molecule has 2 amide bonds. The van der Waals surface area contributed by atoms with Crippen molar-refractivity contribution in [2.45, 2.75) is 6.92 Å². The minimum atomic E-state index is -0.446. The number of para-hydroxylation sites is 1. The molecule has 0 aliphatic rings. The highest BCUT2D eigenvalue weighted by atomic mass is 35.5. The third-order valence-electron chi connectivity index (χ3n) is 4.43. The SMILES string of the molecule is CNC(=O)c1cnc(Nc2ccccc2C)c(NC(=O)c2cc(Cl)ccc2OC)c1. The Balaban J connectivity index is 2.00. The number of nitrogens with one attached hydrogen (secondary N) is 3. The molecule has 30 heavy (non-hydrogen) atoms. The van der Waals surface area contributed by atoms with Gasteiger partial charge in [-0.2, -0.15) is 0 Å². The summed E-state index contributed by atoms with van der Waals surface area (Å²) < 4.78 is 5.27. The maximum absolute atomic E-state index is 13.0. The van der Waals surface area contributed by atoms with Gasteiger partial charge in [0.1, 0.15) is 5.75 Å². The largest absolute Gasteiger partial charge is 0.496 e. The van der Waals surface area contributed by atoms with Crippen molar-refractivity contribution in [3.8, 4) is 5.75 Å². The Hall–Kier alpha value is -3.58. The van der Waals surface area contributed by atoms with E-state index >= 15 is 0 Å². The number of carbonyl (C=O) groups is 2. The number of nitrogens with zero attached hydrogens (tertiary/aromatic N) is 1. The molecule has 0 atom stereocenters. The lowest BCUT2D eigenvalue weighted by Gasteiger charge is -2.16. The molecule has 0 bridgehead atoms. The maximum Gasteiger partial charge on any atom is 0.259 e. The van der Waals surface area contributed by atoms with Crippen molar-refractivity contribution in [2.75, 3.05) is 24.8 Å². The van der Waals surface area contributed by atoms with Crippen molar-refractivity contribution in [1.29, 1.82) is 0 Å². The van der Waals surface area contributed by atoms with E-state index in [0.29, 0.717) is 27.8 Å². The quantitative estimate of drug-likeness (QED) is 0.545. The number of hydrogen-bond donors (Lipinski definition) is 3. The molecule has 3 rings (SSSR count). The lowest BCUT2D eigenvalue weighted by Crippen LogP contribution is -2.20. The number of aromatic nitrogens is 1. The van der Waals surface area contributed by atoms with Gasteiger partial charge in [-0.1, -0.05) is 29.8 Å². The summed E-state index contributed by atoms with van der Waals surface area (Å²) in [5.74, 6) is 0.00541. The Kier molecular flexibility index (Phi) is 6.54. The first-order chi connectivity index (χ1) is 14.4. The number of hydrogen-bond acceptors (Lipinski definition) is 5. The van der Waals surface area contributed by atoms with E-state index in [0.717, 1.165) is 11.3 Å². The summed E-state index contributed by atoms with van der Waals surface area (Å²) in [4.78, 5) is 29.4. The fraction of sp³-hybridized carbons (Fsp3) is 0.136. The van der Waals surface area contributed by atoms with Crippen LogP contribution >= 0.6 is 11.6 Å². The van der Waals surface area contributed by atoms with Crippen LogP contribution < -0.4 is 20.7 Å². The molecule has 0 saturated carbocycles. The number of benzene rings is 2. The second-order valence-electron chi connectivity index (χ2n) is 6.44. The first-order valence-electron chi connectivity index (χ1n) is 9.12. The van der Waals surface area contributed by atoms with Crippen LogP contribution in [0.5, 0.6) is 5.75 Å². The van der Waals surface area contributed by atoms with E-state index in [1.54, 1.807) is 18.2 Å². The zero-order valence-electron chi connectivity index (χ0n) is 16.7. The van der Waals surface area contributed by atoms with Crippen molar-refractivity contribution < 1.29 is 14.3 Å². The van der Waals surface area contributed by atoms with Gasteiger partial charge in [0.05, 0.1) is 23.9 Å². The molecule has 8 heteroatoms. The predicted molar refractivity (Wildman–Crippen MR) is 118 cm³/mol. The van der Waals surface area contributed by atoms with Crippen LogP contribution in [0.3, 0.4) is 0 Å². The van der Waals surface area contributed by atoms with Crippen LogP contribution in [0, 0.1) is 6.92 Å². The van der Waals surface area contributed by atoms with E-state index in [1.165, 1.54) is 26.4 Å². The zero-order chi connectivity index (χ0) is 21.7. The van der Waals surface area contributed by atoms with Gasteiger partial charge in [-0.25, -0.2) is 4.98 Å². The first-order valence-corrected chi connectivity index (χ1v) is 9.50. The zero-order valence-corrected chi connectivity index (χ0v) is 17.5. The molecule has 3 aromatic rings. The lowest BCUT2D eigenvalue weighted by molar-refractivity contribution is 0.0961. The van der Waals surface area contributed by atoms with Gasteiger partial charge in [-0.3, -0.25) is 9.59 Å². The number of halogens is 1. The van der Waals surface area contributed by atoms with Gasteiger partial charge in [0.15, 0.2) is 5.82 Å². The molecule has 0 aliphatic carbocycles. The lowest BCUT2D eigenvalue weighted by atomic mass is 10.1. The molecule has 154 valence electrons. The standard InChI is InChI=1S/C22H21ClN4O3/c1-13-6-4-5-7-17(13)26-20-18(10-14(12-25-20)21(28)24-2)27-22(29)16-11-15(23)8-9-19(16)30-3/h4-12H,1-3H3,(H,24,28)(H,25,26)(H,27,29). The van der Waals surface area contributed by atoms with Gasteiger partial charge in [-0.15, -0.1) is 0 Å². The summed E-state index contributed by atoms with van der Waals surface area (Å²) in [6, 6.07) is 14.0. The van der Waals surface area contributed by atoms with Gasteiger partial charge < -0.3 is 20.7 Å². The maximum atomic E-state index is 13.0. The monoisotopic (exact) mass is 424 g/mol. The predicted octanol–water partition coefficient (Wildman–Crippen LogP) is 4.41. The number of rotatable bonds is 6. The van der Waals surface area contributed by atoms with E-state index in [1.807, 2.05) is 31.2 Å². The number of pyridine rings is 1. The summed E-state index contributed by atoms with van der Waals surface area (Å²) in [6.07, 6.45) is 1.44. The van der Waals surface area contributed by atoms with Gasteiger partial charge in [0, 0.05) is 24.0 Å². The van der Waals surface area contributed by atoms with Gasteiger partial charge in [-0.05, 0) is 42.8 Å². The Morgan fingerprint density at radius 1 is 1.03 bits per heavy atom. The average molecular weight is 425 g/mol. The highest BCUT2D eigenvalue weighted by Crippen LogP contribution is 2.28. The highest BCUT2D eigenvalue weighted by molar-refractivity contribution is 6.31. The number of anilines is 3. The Morgan fingerprint density at radius 2 is 1.80 bits per heavy atom. The molecule has 3 N–H and O–H groups in total. The normalized spacial score (nSPS) is 10.3. The van der Waals surface area contributed by atoms with Crippen LogP contribution in [-0.4, -0.2) is 31.0 Å². The van der Waals surface area contributed by atoms with Gasteiger partial charge in [0.2, 0.25) is 0 Å². The molecule has 0 unspecified atom stereocenters. The van der Waals surface area contributed by atoms with Crippen LogP contribution in [0.25, 0.3) is 0 Å². The summed E-state index contributed by atoms with van der Waals surface area (Å²) in [5.41, 5.74) is 2.74. The number of aryl methyl sites for hydroxylation is 1. The van der Waals surface area contributed by atoms with Crippen molar-refractivity contribution >= 4 is 40.6 Å². The molecule has 0 saturated heterocycles. The molecule has 0 fully saturated rings. The van der Waals surface area contributed by atoms with Crippen LogP contribution in [-0.2, 0) is 0 Å². The second kappa shape index (κ2) is 9.28. The number of amides is 2. The fourth-order valence-electron chi connectivity index (χ4n) is 2.82. The Morgan fingerprint density at radius 3 is 2.50 bits per heavy atom. The molecular weight excluding hydrogens is 404 g/mol. The molecule has 0 spiro atoms. The third kappa shape index (κ3) is 4.69. The van der Waals surface area contributed by atoms with E-state index in [2.05, 4.69) is 20.9 Å². The van der Waals surface area contributed by atoms with Crippen LogP contribution in [0.4, 0.5) is 17.2 Å². The number of carbonyl (C=O) groups excluding carboxylic acids is 2. The summed E-state index contributed by atoms with van der Waals surface area (Å²) >= 11 is 6.05. The number of ether oxygens (including phenoxy) is 1. The highest BCUT2D eigenvalue weighted by Gasteiger charge is 2.17. The Bertz CT molecular complexity index is 1100. The molecule has 2 aromatic carbocycles. The van der Waals surface area contributed by atoms with E-state index in [4.69, 9.17) is 16.3 Å². The summed E-state index contributed by atoms with van der Waals surface area (Å²) in [5, 5.41) is 8.96. The average Bonchev–Trinajstić information content (AvgIpc) is 2.75. The van der Waals surface area contributed by atoms with E-state index in [9.17, 15) is 9.59 Å². The van der Waals surface area contributed by atoms with Crippen molar-refractivity contribution in [2.24, 2.45) is 0 Å². The fourth-order valence-corrected chi connectivity index (χ4v) is 2.99. The van der Waals surface area contributed by atoms with Gasteiger partial charge >= 0.3 is 0 Å². The molecule has 7 nitrogen and oxygen atoms in total. The topological polar surface area (TPSA) is 92.4 Å². The van der Waals surface area contributed by atoms with Crippen molar-refractivity contribution in [3.63, 3.8) is 0 Å². The van der Waals surface area contributed by atoms with Crippen LogP contribution in [0.1, 0.15) is 26.3 Å². The summed E-state index contributed by atoms with van der Waals surface area (Å²) in [7, 11) is 3.00. The van der Waals surface area contributed by atoms with Crippen LogP contribution in [0.2, 0.25) is 5.02 Å².